The fourth-order valence-electron chi connectivity index (χ4n) is 3.41. The molecule has 1 N–H and O–H groups in total. The Hall–Kier alpha value is -2.51. The van der Waals surface area contributed by atoms with Gasteiger partial charge in [-0.25, -0.2) is 9.97 Å². The van der Waals surface area contributed by atoms with Crippen LogP contribution < -0.4 is 4.90 Å². The summed E-state index contributed by atoms with van der Waals surface area (Å²) in [7, 11) is 0. The Morgan fingerprint density at radius 3 is 2.96 bits per heavy atom. The topological polar surface area (TPSA) is 66.9 Å². The maximum atomic E-state index is 5.53. The molecule has 7 heteroatoms. The van der Waals surface area contributed by atoms with Crippen molar-refractivity contribution in [1.82, 2.24) is 20.2 Å². The Balaban J connectivity index is 1.74. The van der Waals surface area contributed by atoms with Crippen molar-refractivity contribution < 1.29 is 4.74 Å². The van der Waals surface area contributed by atoms with E-state index in [1.54, 1.807) is 11.3 Å². The maximum Gasteiger partial charge on any atom is 0.162 e. The summed E-state index contributed by atoms with van der Waals surface area (Å²) in [6, 6.07) is 8.30. The summed E-state index contributed by atoms with van der Waals surface area (Å²) in [5.74, 6) is 1.78. The molecule has 1 fully saturated rings. The molecule has 1 saturated heterocycles. The fourth-order valence-corrected chi connectivity index (χ4v) is 4.46. The molecule has 4 aromatic rings. The van der Waals surface area contributed by atoms with Gasteiger partial charge < -0.3 is 9.64 Å². The molecule has 26 heavy (non-hydrogen) atoms. The van der Waals surface area contributed by atoms with Crippen molar-refractivity contribution in [2.45, 2.75) is 13.3 Å². The van der Waals surface area contributed by atoms with Gasteiger partial charge in [-0.05, 0) is 18.6 Å². The number of H-pyrrole nitrogens is 1. The molecule has 4 heterocycles. The molecule has 3 aromatic heterocycles. The van der Waals surface area contributed by atoms with E-state index in [9.17, 15) is 0 Å². The van der Waals surface area contributed by atoms with E-state index < -0.39 is 0 Å². The number of ether oxygens (including phenoxy) is 1. The minimum atomic E-state index is 0.740. The van der Waals surface area contributed by atoms with Crippen molar-refractivity contribution in [3.8, 4) is 11.4 Å². The molecule has 132 valence electrons. The minimum Gasteiger partial charge on any atom is -0.378 e. The summed E-state index contributed by atoms with van der Waals surface area (Å²) in [5, 5.41) is 8.25. The van der Waals surface area contributed by atoms with E-state index in [1.807, 2.05) is 18.3 Å². The molecule has 0 amide bonds. The van der Waals surface area contributed by atoms with E-state index in [0.717, 1.165) is 66.3 Å². The van der Waals surface area contributed by atoms with Crippen molar-refractivity contribution in [2.75, 3.05) is 31.2 Å². The molecule has 5 rings (SSSR count). The highest BCUT2D eigenvalue weighted by Crippen LogP contribution is 2.35. The van der Waals surface area contributed by atoms with Gasteiger partial charge in [-0.2, -0.15) is 5.10 Å². The lowest BCUT2D eigenvalue weighted by Crippen LogP contribution is -2.36. The van der Waals surface area contributed by atoms with E-state index in [1.165, 1.54) is 9.58 Å². The maximum absolute atomic E-state index is 5.53. The zero-order valence-electron chi connectivity index (χ0n) is 14.5. The number of hydrogen-bond acceptors (Lipinski definition) is 6. The summed E-state index contributed by atoms with van der Waals surface area (Å²) in [6.45, 7) is 5.38. The molecule has 1 aliphatic heterocycles. The lowest BCUT2D eigenvalue weighted by molar-refractivity contribution is 0.122. The highest BCUT2D eigenvalue weighted by atomic mass is 32.1. The van der Waals surface area contributed by atoms with Crippen LogP contribution in [0.3, 0.4) is 0 Å². The second-order valence-corrected chi connectivity index (χ2v) is 7.52. The van der Waals surface area contributed by atoms with Gasteiger partial charge in [-0.1, -0.05) is 19.1 Å². The molecule has 0 spiro atoms. The highest BCUT2D eigenvalue weighted by Gasteiger charge is 2.20. The summed E-state index contributed by atoms with van der Waals surface area (Å²) in [4.78, 5) is 13.6. The lowest BCUT2D eigenvalue weighted by atomic mass is 10.1. The van der Waals surface area contributed by atoms with Gasteiger partial charge in [-0.15, -0.1) is 11.3 Å². The molecular formula is C19H19N5OS. The van der Waals surface area contributed by atoms with E-state index >= 15 is 0 Å². The van der Waals surface area contributed by atoms with E-state index in [-0.39, 0.29) is 0 Å². The molecule has 1 aromatic carbocycles. The first-order chi connectivity index (χ1) is 12.8. The number of benzene rings is 1. The number of thiophene rings is 1. The number of aryl methyl sites for hydroxylation is 1. The molecule has 0 bridgehead atoms. The van der Waals surface area contributed by atoms with Crippen LogP contribution in [0.1, 0.15) is 11.8 Å². The molecule has 0 aliphatic carbocycles. The Kier molecular flexibility index (Phi) is 3.83. The molecular weight excluding hydrogens is 346 g/mol. The Morgan fingerprint density at radius 2 is 2.12 bits per heavy atom. The molecule has 0 atom stereocenters. The van der Waals surface area contributed by atoms with Crippen molar-refractivity contribution in [3.63, 3.8) is 0 Å². The van der Waals surface area contributed by atoms with Crippen LogP contribution in [0.5, 0.6) is 0 Å². The summed E-state index contributed by atoms with van der Waals surface area (Å²) < 4.78 is 6.70. The zero-order valence-corrected chi connectivity index (χ0v) is 15.3. The predicted molar refractivity (Wildman–Crippen MR) is 105 cm³/mol. The number of morpholine rings is 1. The lowest BCUT2D eigenvalue weighted by Gasteiger charge is -2.28. The first kappa shape index (κ1) is 15.7. The monoisotopic (exact) mass is 365 g/mol. The zero-order chi connectivity index (χ0) is 17.5. The van der Waals surface area contributed by atoms with Crippen LogP contribution >= 0.6 is 11.3 Å². The molecule has 0 unspecified atom stereocenters. The number of anilines is 1. The van der Waals surface area contributed by atoms with Gasteiger partial charge in [-0.3, -0.25) is 5.10 Å². The molecule has 0 saturated carbocycles. The van der Waals surface area contributed by atoms with E-state index in [0.29, 0.717) is 0 Å². The number of aromatic amines is 1. The average Bonchev–Trinajstić information content (AvgIpc) is 3.34. The number of fused-ring (bicyclic) bond motifs is 2. The quantitative estimate of drug-likeness (QED) is 0.600. The van der Waals surface area contributed by atoms with Crippen LogP contribution in [0, 0.1) is 0 Å². The number of hydrogen-bond donors (Lipinski definition) is 1. The second kappa shape index (κ2) is 6.34. The predicted octanol–water partition coefficient (Wildman–Crippen LogP) is 3.63. The average molecular weight is 365 g/mol. The first-order valence-electron chi connectivity index (χ1n) is 8.89. The Bertz CT molecular complexity index is 1080. The van der Waals surface area contributed by atoms with Crippen molar-refractivity contribution in [3.05, 3.63) is 35.3 Å². The minimum absolute atomic E-state index is 0.740. The molecule has 6 nitrogen and oxygen atoms in total. The number of aromatic nitrogens is 4. The van der Waals surface area contributed by atoms with E-state index in [4.69, 9.17) is 14.7 Å². The van der Waals surface area contributed by atoms with Gasteiger partial charge >= 0.3 is 0 Å². The van der Waals surface area contributed by atoms with Crippen LogP contribution in [0.2, 0.25) is 0 Å². The largest absolute Gasteiger partial charge is 0.378 e. The van der Waals surface area contributed by atoms with Crippen LogP contribution in [-0.4, -0.2) is 46.5 Å². The molecule has 1 aliphatic rings. The van der Waals surface area contributed by atoms with Crippen LogP contribution in [0.4, 0.5) is 5.82 Å². The van der Waals surface area contributed by atoms with Gasteiger partial charge in [0.05, 0.1) is 35.1 Å². The number of nitrogens with one attached hydrogen (secondary N) is 1. The highest BCUT2D eigenvalue weighted by molar-refractivity contribution is 7.19. The number of rotatable bonds is 3. The smallest absolute Gasteiger partial charge is 0.162 e. The van der Waals surface area contributed by atoms with Gasteiger partial charge in [0, 0.05) is 28.9 Å². The third kappa shape index (κ3) is 2.55. The van der Waals surface area contributed by atoms with Crippen molar-refractivity contribution in [2.24, 2.45) is 0 Å². The molecule has 0 radical (unpaired) electrons. The van der Waals surface area contributed by atoms with Gasteiger partial charge in [0.25, 0.3) is 0 Å². The Labute approximate surface area is 154 Å². The second-order valence-electron chi connectivity index (χ2n) is 6.39. The van der Waals surface area contributed by atoms with Crippen molar-refractivity contribution >= 4 is 38.3 Å². The summed E-state index contributed by atoms with van der Waals surface area (Å²) in [6.07, 6.45) is 2.86. The van der Waals surface area contributed by atoms with Crippen LogP contribution in [0.15, 0.2) is 30.5 Å². The van der Waals surface area contributed by atoms with E-state index in [2.05, 4.69) is 34.2 Å². The van der Waals surface area contributed by atoms with Gasteiger partial charge in [0.15, 0.2) is 11.6 Å². The van der Waals surface area contributed by atoms with Gasteiger partial charge in [0.1, 0.15) is 0 Å². The SMILES string of the molecule is CCc1cc2nc(-c3cccc4[nH]ncc34)nc(N3CCOCC3)c2s1. The van der Waals surface area contributed by atoms with Crippen molar-refractivity contribution in [1.29, 1.82) is 0 Å². The summed E-state index contributed by atoms with van der Waals surface area (Å²) in [5.41, 5.74) is 3.04. The van der Waals surface area contributed by atoms with Gasteiger partial charge in [0.2, 0.25) is 0 Å². The number of nitrogens with zero attached hydrogens (tertiary/aromatic N) is 4. The Morgan fingerprint density at radius 1 is 1.23 bits per heavy atom. The van der Waals surface area contributed by atoms with Crippen LogP contribution in [0.25, 0.3) is 32.5 Å². The van der Waals surface area contributed by atoms with Crippen LogP contribution in [-0.2, 0) is 11.2 Å². The normalized spacial score (nSPS) is 15.2. The fraction of sp³-hybridized carbons (Fsp3) is 0.316. The third-order valence-corrected chi connectivity index (χ3v) is 6.05. The third-order valence-electron chi connectivity index (χ3n) is 4.79. The first-order valence-corrected chi connectivity index (χ1v) is 9.71. The standard InChI is InChI=1S/C19H19N5OS/c1-2-12-10-16-17(26-12)19(24-6-8-25-9-7-24)22-18(21-16)13-4-3-5-15-14(13)11-20-23-15/h3-5,10-11H,2,6-9H2,1H3,(H,20,23). The summed E-state index contributed by atoms with van der Waals surface area (Å²) >= 11 is 1.80.